The first-order valence-corrected chi connectivity index (χ1v) is 16.0. The lowest BCUT2D eigenvalue weighted by Crippen LogP contribution is -2.54. The molecule has 4 heterocycles. The van der Waals surface area contributed by atoms with Crippen molar-refractivity contribution in [1.82, 2.24) is 25.6 Å². The molecule has 3 aliphatic heterocycles. The Bertz CT molecular complexity index is 1360. The van der Waals surface area contributed by atoms with E-state index in [0.29, 0.717) is 68.9 Å². The number of ether oxygens (including phenoxy) is 1. The molecular weight excluding hydrogens is 630 g/mol. The van der Waals surface area contributed by atoms with Crippen LogP contribution in [-0.2, 0) is 4.74 Å². The van der Waals surface area contributed by atoms with Crippen LogP contribution in [-0.4, -0.2) is 101 Å². The van der Waals surface area contributed by atoms with Crippen LogP contribution in [0, 0.1) is 5.92 Å². The summed E-state index contributed by atoms with van der Waals surface area (Å²) in [6, 6.07) is 4.45. The van der Waals surface area contributed by atoms with E-state index < -0.39 is 6.09 Å². The number of hydrogen-bond donors (Lipinski definition) is 9. The van der Waals surface area contributed by atoms with E-state index >= 15 is 0 Å². The first-order chi connectivity index (χ1) is 22.1. The lowest BCUT2D eigenvalue weighted by atomic mass is 9.97. The van der Waals surface area contributed by atoms with Crippen molar-refractivity contribution in [2.45, 2.75) is 74.8 Å². The number of hydrogen-bond acceptors (Lipinski definition) is 14. The minimum Gasteiger partial charge on any atom is -0.506 e. The molecule has 4 aliphatic rings. The highest BCUT2D eigenvalue weighted by Crippen LogP contribution is 2.33. The second kappa shape index (κ2) is 14.9. The van der Waals surface area contributed by atoms with E-state index in [1.807, 2.05) is 9.80 Å². The maximum absolute atomic E-state index is 12.4. The zero-order valence-corrected chi connectivity index (χ0v) is 27.0. The summed E-state index contributed by atoms with van der Waals surface area (Å²) in [6.07, 6.45) is 4.25. The van der Waals surface area contributed by atoms with Gasteiger partial charge in [-0.2, -0.15) is 15.0 Å². The summed E-state index contributed by atoms with van der Waals surface area (Å²) >= 11 is 0. The monoisotopic (exact) mass is 675 g/mol. The maximum atomic E-state index is 12.4. The molecule has 258 valence electrons. The SMILES string of the molecule is Cl.N[C@@H]1C[C@H](N)CN(c2nc(Nc3ccc(NC(=O)OCCC[C@@H]4CC[C@@H]5NC(=O)N[C@H]45)c(O)c3)nc(N3C[C@H](N)C[C@H](N)C3)n2)C1. The predicted molar refractivity (Wildman–Crippen MR) is 180 cm³/mol. The van der Waals surface area contributed by atoms with Gasteiger partial charge in [-0.1, -0.05) is 0 Å². The number of aromatic hydroxyl groups is 1. The minimum atomic E-state index is -0.668. The minimum absolute atomic E-state index is 0. The van der Waals surface area contributed by atoms with Crippen LogP contribution in [0.25, 0.3) is 0 Å². The van der Waals surface area contributed by atoms with Crippen LogP contribution in [0.3, 0.4) is 0 Å². The largest absolute Gasteiger partial charge is 0.506 e. The van der Waals surface area contributed by atoms with E-state index in [9.17, 15) is 14.7 Å². The molecule has 3 saturated heterocycles. The molecule has 0 unspecified atom stereocenters. The fraction of sp³-hybridized carbons (Fsp3) is 0.621. The Balaban J connectivity index is 0.00000433. The van der Waals surface area contributed by atoms with Crippen molar-refractivity contribution < 1.29 is 19.4 Å². The number of carbonyl (C=O) groups is 2. The van der Waals surface area contributed by atoms with Crippen LogP contribution in [0.4, 0.5) is 38.8 Å². The molecular formula is C29H46ClN13O4. The van der Waals surface area contributed by atoms with Crippen LogP contribution in [0.1, 0.15) is 38.5 Å². The number of urea groups is 1. The zero-order valence-electron chi connectivity index (χ0n) is 26.2. The second-order valence-corrected chi connectivity index (χ2v) is 12.9. The molecule has 1 aromatic heterocycles. The summed E-state index contributed by atoms with van der Waals surface area (Å²) in [5.41, 5.74) is 25.7. The Kier molecular flexibility index (Phi) is 10.9. The first-order valence-electron chi connectivity index (χ1n) is 16.0. The van der Waals surface area contributed by atoms with Crippen LogP contribution in [0.15, 0.2) is 18.2 Å². The number of halogens is 1. The summed E-state index contributed by atoms with van der Waals surface area (Å²) in [7, 11) is 0. The molecule has 2 aromatic rings. The highest BCUT2D eigenvalue weighted by molar-refractivity contribution is 5.87. The maximum Gasteiger partial charge on any atom is 0.411 e. The smallest absolute Gasteiger partial charge is 0.411 e. The lowest BCUT2D eigenvalue weighted by Gasteiger charge is -2.37. The van der Waals surface area contributed by atoms with Crippen molar-refractivity contribution in [3.05, 3.63) is 18.2 Å². The van der Waals surface area contributed by atoms with Gasteiger partial charge in [-0.25, -0.2) is 9.59 Å². The van der Waals surface area contributed by atoms with E-state index in [1.165, 1.54) is 6.07 Å². The van der Waals surface area contributed by atoms with Crippen LogP contribution < -0.4 is 54.0 Å². The van der Waals surface area contributed by atoms with Gasteiger partial charge in [0.2, 0.25) is 17.8 Å². The van der Waals surface area contributed by atoms with Gasteiger partial charge in [0.15, 0.2) is 0 Å². The normalized spacial score (nSPS) is 28.5. The molecule has 47 heavy (non-hydrogen) atoms. The Morgan fingerprint density at radius 3 is 2.15 bits per heavy atom. The second-order valence-electron chi connectivity index (χ2n) is 12.9. The number of phenols is 1. The number of benzene rings is 1. The summed E-state index contributed by atoms with van der Waals surface area (Å²) < 4.78 is 5.34. The molecule has 0 radical (unpaired) electrons. The third-order valence-corrected chi connectivity index (χ3v) is 9.06. The van der Waals surface area contributed by atoms with Gasteiger partial charge in [0.05, 0.1) is 24.4 Å². The molecule has 1 saturated carbocycles. The Morgan fingerprint density at radius 1 is 0.936 bits per heavy atom. The molecule has 6 rings (SSSR count). The van der Waals surface area contributed by atoms with Crippen molar-refractivity contribution in [2.75, 3.05) is 53.2 Å². The third kappa shape index (κ3) is 8.53. The van der Waals surface area contributed by atoms with Gasteiger partial charge in [0.25, 0.3) is 0 Å². The average Bonchev–Trinajstić information content (AvgIpc) is 3.54. The molecule has 18 heteroatoms. The molecule has 0 spiro atoms. The van der Waals surface area contributed by atoms with Gasteiger partial charge in [-0.05, 0) is 56.6 Å². The van der Waals surface area contributed by atoms with Gasteiger partial charge < -0.3 is 58.5 Å². The van der Waals surface area contributed by atoms with Crippen molar-refractivity contribution in [3.63, 3.8) is 0 Å². The van der Waals surface area contributed by atoms with Gasteiger partial charge in [0, 0.05) is 62.1 Å². The van der Waals surface area contributed by atoms with Crippen LogP contribution in [0.5, 0.6) is 5.75 Å². The summed E-state index contributed by atoms with van der Waals surface area (Å²) in [5, 5.41) is 22.3. The standard InChI is InChI=1S/C29H45N13O4.ClH/c30-16-8-17(31)12-41(11-16)26-38-25(39-27(40-26)42-13-18(32)9-19(33)14-42)34-20-4-6-21(23(43)10-20)36-29(45)46-7-1-2-15-3-5-22-24(15)37-28(44)35-22;/h4,6,10,15-19,22,24,43H,1-3,5,7-9,11-14,30-33H2,(H,36,45)(H2,35,37,44)(H,34,38,39,40);1H/t15-,16-,17+,18-,19+,22+,24-;/m1./s1. The van der Waals surface area contributed by atoms with E-state index in [0.717, 1.165) is 19.3 Å². The van der Waals surface area contributed by atoms with E-state index in [1.54, 1.807) is 12.1 Å². The summed E-state index contributed by atoms with van der Waals surface area (Å²) in [6.45, 7) is 2.41. The number of piperidine rings is 2. The highest BCUT2D eigenvalue weighted by Gasteiger charge is 2.41. The highest BCUT2D eigenvalue weighted by atomic mass is 35.5. The quantitative estimate of drug-likeness (QED) is 0.128. The van der Waals surface area contributed by atoms with E-state index in [2.05, 4.69) is 31.2 Å². The molecule has 4 fully saturated rings. The molecule has 1 aliphatic carbocycles. The number of aromatic nitrogens is 3. The number of nitrogens with zero attached hydrogens (tertiary/aromatic N) is 5. The molecule has 7 atom stereocenters. The molecule has 17 nitrogen and oxygen atoms in total. The number of phenolic OH excluding ortho intramolecular Hbond substituents is 1. The van der Waals surface area contributed by atoms with Crippen molar-refractivity contribution >= 4 is 53.8 Å². The number of fused-ring (bicyclic) bond motifs is 1. The topological polar surface area (TPSA) is 261 Å². The number of amides is 3. The van der Waals surface area contributed by atoms with Gasteiger partial charge in [-0.3, -0.25) is 5.32 Å². The predicted octanol–water partition coefficient (Wildman–Crippen LogP) is 0.261. The third-order valence-electron chi connectivity index (χ3n) is 9.06. The van der Waals surface area contributed by atoms with Gasteiger partial charge in [0.1, 0.15) is 5.75 Å². The number of anilines is 5. The van der Waals surface area contributed by atoms with E-state index in [4.69, 9.17) is 32.7 Å². The summed E-state index contributed by atoms with van der Waals surface area (Å²) in [4.78, 5) is 41.9. The van der Waals surface area contributed by atoms with Gasteiger partial charge >= 0.3 is 12.1 Å². The molecule has 0 bridgehead atoms. The Labute approximate surface area is 279 Å². The van der Waals surface area contributed by atoms with Crippen molar-refractivity contribution in [1.29, 1.82) is 0 Å². The fourth-order valence-corrected chi connectivity index (χ4v) is 7.02. The lowest BCUT2D eigenvalue weighted by molar-refractivity contribution is 0.156. The molecule has 3 amide bonds. The zero-order chi connectivity index (χ0) is 32.4. The number of nitrogens with one attached hydrogen (secondary N) is 4. The molecule has 13 N–H and O–H groups in total. The fourth-order valence-electron chi connectivity index (χ4n) is 7.02. The average molecular weight is 676 g/mol. The van der Waals surface area contributed by atoms with Crippen LogP contribution in [0.2, 0.25) is 0 Å². The Morgan fingerprint density at radius 2 is 1.55 bits per heavy atom. The van der Waals surface area contributed by atoms with Crippen molar-refractivity contribution in [2.24, 2.45) is 28.9 Å². The van der Waals surface area contributed by atoms with Crippen LogP contribution >= 0.6 is 12.4 Å². The Hall–Kier alpha value is -3.90. The number of carbonyl (C=O) groups excluding carboxylic acids is 2. The first kappa shape index (κ1) is 34.4. The van der Waals surface area contributed by atoms with E-state index in [-0.39, 0.29) is 78.7 Å². The van der Waals surface area contributed by atoms with Crippen molar-refractivity contribution in [3.8, 4) is 5.75 Å². The number of nitrogens with two attached hydrogens (primary N) is 4. The van der Waals surface area contributed by atoms with Gasteiger partial charge in [-0.15, -0.1) is 12.4 Å². The molecule has 1 aromatic carbocycles. The summed E-state index contributed by atoms with van der Waals surface area (Å²) in [5.74, 6) is 1.29. The number of rotatable bonds is 9.